The molecule has 1 aromatic carbocycles. The number of carbonyl (C=O) groups excluding carboxylic acids is 4. The highest BCUT2D eigenvalue weighted by molar-refractivity contribution is 5.89. The van der Waals surface area contributed by atoms with Crippen molar-refractivity contribution in [2.75, 3.05) is 12.4 Å². The van der Waals surface area contributed by atoms with Gasteiger partial charge in [-0.1, -0.05) is 26.0 Å². The van der Waals surface area contributed by atoms with E-state index in [1.807, 2.05) is 41.5 Å². The van der Waals surface area contributed by atoms with E-state index < -0.39 is 34.4 Å². The lowest BCUT2D eigenvalue weighted by atomic mass is 9.65. The van der Waals surface area contributed by atoms with Gasteiger partial charge in [-0.2, -0.15) is 0 Å². The van der Waals surface area contributed by atoms with Gasteiger partial charge in [0.15, 0.2) is 0 Å². The van der Waals surface area contributed by atoms with Crippen molar-refractivity contribution < 1.29 is 28.7 Å². The Morgan fingerprint density at radius 3 is 2.18 bits per heavy atom. The summed E-state index contributed by atoms with van der Waals surface area (Å²) in [6, 6.07) is 6.16. The van der Waals surface area contributed by atoms with E-state index in [0.717, 1.165) is 5.56 Å². The van der Waals surface area contributed by atoms with Crippen LogP contribution in [0.4, 0.5) is 5.69 Å². The van der Waals surface area contributed by atoms with Crippen molar-refractivity contribution in [3.05, 3.63) is 29.8 Å². The molecule has 0 saturated heterocycles. The first kappa shape index (κ1) is 27.3. The highest BCUT2D eigenvalue weighted by Gasteiger charge is 2.59. The van der Waals surface area contributed by atoms with E-state index in [0.29, 0.717) is 18.5 Å². The Hall–Kier alpha value is -2.90. The highest BCUT2D eigenvalue weighted by atomic mass is 16.6. The summed E-state index contributed by atoms with van der Waals surface area (Å²) in [4.78, 5) is 50.0. The van der Waals surface area contributed by atoms with E-state index in [-0.39, 0.29) is 24.2 Å². The number of ether oxygens (including phenoxy) is 2. The number of nitrogens with one attached hydrogen (secondary N) is 2. The molecule has 0 spiro atoms. The topological polar surface area (TPSA) is 111 Å². The van der Waals surface area contributed by atoms with Crippen molar-refractivity contribution >= 4 is 29.4 Å². The summed E-state index contributed by atoms with van der Waals surface area (Å²) in [5.74, 6) is -1.80. The van der Waals surface area contributed by atoms with Gasteiger partial charge in [0, 0.05) is 24.9 Å². The smallest absolute Gasteiger partial charge is 0.328 e. The molecule has 3 atom stereocenters. The molecule has 8 nitrogen and oxygen atoms in total. The van der Waals surface area contributed by atoms with Gasteiger partial charge in [-0.05, 0) is 63.6 Å². The maximum Gasteiger partial charge on any atom is 0.328 e. The van der Waals surface area contributed by atoms with Crippen LogP contribution in [0, 0.1) is 16.7 Å². The lowest BCUT2D eigenvalue weighted by Crippen LogP contribution is -2.51. The molecule has 2 N–H and O–H groups in total. The van der Waals surface area contributed by atoms with Crippen molar-refractivity contribution in [3.63, 3.8) is 0 Å². The van der Waals surface area contributed by atoms with Crippen LogP contribution in [0.3, 0.4) is 0 Å². The lowest BCUT2D eigenvalue weighted by Gasteiger charge is -2.40. The van der Waals surface area contributed by atoms with Gasteiger partial charge >= 0.3 is 11.9 Å². The molecule has 1 saturated carbocycles. The van der Waals surface area contributed by atoms with Crippen LogP contribution in [0.1, 0.15) is 66.9 Å². The molecule has 0 aromatic heterocycles. The van der Waals surface area contributed by atoms with Crippen LogP contribution in [0.25, 0.3) is 0 Å². The number of carbonyl (C=O) groups is 4. The monoisotopic (exact) mass is 474 g/mol. The Kier molecular flexibility index (Phi) is 8.17. The third-order valence-electron chi connectivity index (χ3n) is 6.91. The Labute approximate surface area is 202 Å². The number of esters is 2. The van der Waals surface area contributed by atoms with Gasteiger partial charge < -0.3 is 20.1 Å². The SMILES string of the molecule is COC(=O)[C@H](Cc1ccc(NC(C)=O)cc1)NC(=O)[C@H]1CC[C@@](C)(C(=O)OC(C)(C)C)C1(C)C. The summed E-state index contributed by atoms with van der Waals surface area (Å²) in [5.41, 5.74) is -0.692. The molecule has 34 heavy (non-hydrogen) atoms. The van der Waals surface area contributed by atoms with Crippen molar-refractivity contribution in [1.82, 2.24) is 5.32 Å². The van der Waals surface area contributed by atoms with E-state index in [4.69, 9.17) is 9.47 Å². The summed E-state index contributed by atoms with van der Waals surface area (Å²) in [7, 11) is 1.28. The predicted molar refractivity (Wildman–Crippen MR) is 129 cm³/mol. The van der Waals surface area contributed by atoms with Crippen LogP contribution in [0.15, 0.2) is 24.3 Å². The van der Waals surface area contributed by atoms with E-state index in [1.165, 1.54) is 14.0 Å². The predicted octanol–water partition coefficient (Wildman–Crippen LogP) is 3.63. The zero-order chi connectivity index (χ0) is 25.9. The molecule has 188 valence electrons. The molecule has 0 aliphatic heterocycles. The van der Waals surface area contributed by atoms with Gasteiger partial charge in [0.1, 0.15) is 11.6 Å². The summed E-state index contributed by atoms with van der Waals surface area (Å²) in [6.07, 6.45) is 1.25. The number of anilines is 1. The van der Waals surface area contributed by atoms with Crippen LogP contribution in [0.2, 0.25) is 0 Å². The Morgan fingerprint density at radius 1 is 1.09 bits per heavy atom. The normalized spacial score (nSPS) is 22.4. The highest BCUT2D eigenvalue weighted by Crippen LogP contribution is 2.57. The van der Waals surface area contributed by atoms with Gasteiger partial charge in [-0.25, -0.2) is 4.79 Å². The molecule has 0 heterocycles. The van der Waals surface area contributed by atoms with Crippen molar-refractivity contribution in [1.29, 1.82) is 0 Å². The van der Waals surface area contributed by atoms with Crippen LogP contribution in [-0.2, 0) is 35.1 Å². The maximum absolute atomic E-state index is 13.3. The van der Waals surface area contributed by atoms with Gasteiger partial charge in [0.05, 0.1) is 12.5 Å². The van der Waals surface area contributed by atoms with Crippen molar-refractivity contribution in [2.24, 2.45) is 16.7 Å². The van der Waals surface area contributed by atoms with E-state index in [2.05, 4.69) is 10.6 Å². The maximum atomic E-state index is 13.3. The molecule has 0 radical (unpaired) electrons. The number of amides is 2. The third-order valence-corrected chi connectivity index (χ3v) is 6.91. The second-order valence-electron chi connectivity index (χ2n) is 10.8. The van der Waals surface area contributed by atoms with Crippen LogP contribution < -0.4 is 10.6 Å². The minimum absolute atomic E-state index is 0.176. The molecular weight excluding hydrogens is 436 g/mol. The first-order valence-electron chi connectivity index (χ1n) is 11.6. The molecule has 0 bridgehead atoms. The lowest BCUT2D eigenvalue weighted by molar-refractivity contribution is -0.173. The minimum Gasteiger partial charge on any atom is -0.467 e. The molecule has 1 fully saturated rings. The summed E-state index contributed by atoms with van der Waals surface area (Å²) < 4.78 is 10.6. The summed E-state index contributed by atoms with van der Waals surface area (Å²) in [6.45, 7) is 12.6. The quantitative estimate of drug-likeness (QED) is 0.584. The van der Waals surface area contributed by atoms with E-state index in [1.54, 1.807) is 24.3 Å². The molecule has 1 aliphatic rings. The zero-order valence-corrected chi connectivity index (χ0v) is 21.5. The Morgan fingerprint density at radius 2 is 1.68 bits per heavy atom. The molecule has 0 unspecified atom stereocenters. The van der Waals surface area contributed by atoms with Crippen molar-refractivity contribution in [3.8, 4) is 0 Å². The number of rotatable bonds is 7. The summed E-state index contributed by atoms with van der Waals surface area (Å²) >= 11 is 0. The molecule has 2 amide bonds. The first-order valence-corrected chi connectivity index (χ1v) is 11.6. The number of benzene rings is 1. The van der Waals surface area contributed by atoms with Crippen LogP contribution in [-0.4, -0.2) is 42.5 Å². The fourth-order valence-electron chi connectivity index (χ4n) is 4.49. The van der Waals surface area contributed by atoms with Crippen LogP contribution >= 0.6 is 0 Å². The molecule has 1 aromatic rings. The average Bonchev–Trinajstić information content (AvgIpc) is 2.96. The molecule has 8 heteroatoms. The third kappa shape index (κ3) is 6.15. The van der Waals surface area contributed by atoms with Gasteiger partial charge in [-0.15, -0.1) is 0 Å². The van der Waals surface area contributed by atoms with Gasteiger partial charge in [-0.3, -0.25) is 14.4 Å². The summed E-state index contributed by atoms with van der Waals surface area (Å²) in [5, 5.41) is 5.54. The average molecular weight is 475 g/mol. The Balaban J connectivity index is 2.17. The van der Waals surface area contributed by atoms with Gasteiger partial charge in [0.2, 0.25) is 11.8 Å². The molecular formula is C26H38N2O6. The van der Waals surface area contributed by atoms with Gasteiger partial charge in [0.25, 0.3) is 0 Å². The van der Waals surface area contributed by atoms with E-state index in [9.17, 15) is 19.2 Å². The minimum atomic E-state index is -0.881. The molecule has 2 rings (SSSR count). The fraction of sp³-hybridized carbons (Fsp3) is 0.615. The number of hydrogen-bond acceptors (Lipinski definition) is 6. The fourth-order valence-corrected chi connectivity index (χ4v) is 4.49. The van der Waals surface area contributed by atoms with E-state index >= 15 is 0 Å². The largest absolute Gasteiger partial charge is 0.467 e. The standard InChI is InChI=1S/C26H38N2O6/c1-16(29)27-18-11-9-17(10-12-18)15-20(22(31)33-8)28-21(30)19-13-14-26(7,25(19,5)6)23(32)34-24(2,3)4/h9-12,19-20H,13-15H2,1-8H3,(H,27,29)(H,28,30)/t19-,20+,26+/m1/s1. The zero-order valence-electron chi connectivity index (χ0n) is 21.5. The second-order valence-corrected chi connectivity index (χ2v) is 10.8. The Bertz CT molecular complexity index is 932. The van der Waals surface area contributed by atoms with Crippen LogP contribution in [0.5, 0.6) is 0 Å². The number of methoxy groups -OCH3 is 1. The number of hydrogen-bond donors (Lipinski definition) is 2. The molecule has 1 aliphatic carbocycles. The second kappa shape index (κ2) is 10.2. The first-order chi connectivity index (χ1) is 15.6. The van der Waals surface area contributed by atoms with Crippen molar-refractivity contribution in [2.45, 2.75) is 79.4 Å².